The summed E-state index contributed by atoms with van der Waals surface area (Å²) in [5.41, 5.74) is 12.4. The van der Waals surface area contributed by atoms with Crippen LogP contribution < -0.4 is 17.0 Å². The van der Waals surface area contributed by atoms with Gasteiger partial charge in [-0.1, -0.05) is 12.2 Å². The number of H-pyrrole nitrogens is 1. The number of ether oxygens (including phenoxy) is 2. The largest absolute Gasteiger partial charge is 0.394 e. The molecule has 8 atom stereocenters. The number of aliphatic hydroxyl groups excluding tert-OH is 2. The Morgan fingerprint density at radius 3 is 2.90 bits per heavy atom. The first-order valence-corrected chi connectivity index (χ1v) is 14.9. The Morgan fingerprint density at radius 2 is 2.10 bits per heavy atom. The van der Waals surface area contributed by atoms with E-state index >= 15 is 0 Å². The van der Waals surface area contributed by atoms with Gasteiger partial charge in [0.2, 0.25) is 5.95 Å². The van der Waals surface area contributed by atoms with Crippen molar-refractivity contribution in [2.24, 2.45) is 20.7 Å². The second-order valence-electron chi connectivity index (χ2n) is 9.54. The highest BCUT2D eigenvalue weighted by Gasteiger charge is 2.44. The standard InChI is InChI=1S/C21H26N9O8PS/c22-17-15-14(25-6-26-17)9(3-24-15)11-2-10(32)13(37-11)5-35-39(34,40)38-12-1-8(4-31)36-20(12)30-7-27-16-18(30)28-21(23)29-19(16)33/h3,6-8,10-14,20,31-32H,1-2,4-5H2,(H,34,40)(H2,22,25,26)(H3,23,28,29,33)/t8-,10-,11+,12+,13+,14?,20+,39?/m0/s1. The van der Waals surface area contributed by atoms with Crippen LogP contribution in [0.2, 0.25) is 0 Å². The van der Waals surface area contributed by atoms with Gasteiger partial charge in [-0.3, -0.25) is 33.4 Å². The molecule has 4 aliphatic heterocycles. The molecule has 0 amide bonds. The minimum absolute atomic E-state index is 0.0139. The number of rotatable bonds is 8. The lowest BCUT2D eigenvalue weighted by molar-refractivity contribution is -0.0474. The maximum absolute atomic E-state index is 13.2. The van der Waals surface area contributed by atoms with Gasteiger partial charge in [0.25, 0.3) is 5.56 Å². The molecule has 7 N–H and O–H groups in total. The molecule has 40 heavy (non-hydrogen) atoms. The van der Waals surface area contributed by atoms with E-state index in [9.17, 15) is 19.6 Å². The predicted octanol–water partition coefficient (Wildman–Crippen LogP) is -0.954. The molecule has 0 aliphatic carbocycles. The Hall–Kier alpha value is -2.96. The van der Waals surface area contributed by atoms with Crippen molar-refractivity contribution in [3.05, 3.63) is 28.5 Å². The van der Waals surface area contributed by atoms with Gasteiger partial charge in [0, 0.05) is 24.6 Å². The summed E-state index contributed by atoms with van der Waals surface area (Å²) in [7, 11) is 0. The molecular formula is C21H26N9O8PS. The van der Waals surface area contributed by atoms with Gasteiger partial charge in [-0.15, -0.1) is 0 Å². The van der Waals surface area contributed by atoms with E-state index in [4.69, 9.17) is 30.0 Å². The van der Waals surface area contributed by atoms with Crippen LogP contribution in [-0.4, -0.2) is 97.4 Å². The zero-order valence-electron chi connectivity index (χ0n) is 20.7. The minimum Gasteiger partial charge on any atom is -0.394 e. The van der Waals surface area contributed by atoms with Gasteiger partial charge >= 0.3 is 6.80 Å². The van der Waals surface area contributed by atoms with Crippen LogP contribution in [0.15, 0.2) is 37.9 Å². The first-order chi connectivity index (χ1) is 19.1. The lowest BCUT2D eigenvalue weighted by Gasteiger charge is -2.24. The summed E-state index contributed by atoms with van der Waals surface area (Å²) >= 11 is 4.11. The van der Waals surface area contributed by atoms with E-state index in [-0.39, 0.29) is 49.0 Å². The van der Waals surface area contributed by atoms with E-state index in [1.54, 1.807) is 6.20 Å². The maximum Gasteiger partial charge on any atom is 0.386 e. The molecule has 6 rings (SSSR count). The van der Waals surface area contributed by atoms with Crippen LogP contribution in [-0.2, 0) is 23.1 Å². The van der Waals surface area contributed by atoms with Crippen molar-refractivity contribution in [2.75, 3.05) is 18.9 Å². The number of hydrogen-bond donors (Lipinski definition) is 6. The number of nitrogen functional groups attached to an aromatic ring is 1. The third-order valence-electron chi connectivity index (χ3n) is 6.94. The number of thiol groups is 1. The second-order valence-corrected chi connectivity index (χ2v) is 12.4. The molecular weight excluding hydrogens is 569 g/mol. The number of aromatic amines is 1. The van der Waals surface area contributed by atoms with Crippen LogP contribution in [0.3, 0.4) is 0 Å². The van der Waals surface area contributed by atoms with E-state index in [1.807, 2.05) is 0 Å². The zero-order chi connectivity index (χ0) is 28.2. The average molecular weight is 596 g/mol. The van der Waals surface area contributed by atoms with E-state index in [1.165, 1.54) is 17.2 Å². The van der Waals surface area contributed by atoms with Gasteiger partial charge in [-0.05, 0) is 0 Å². The van der Waals surface area contributed by atoms with Crippen molar-refractivity contribution < 1.29 is 33.3 Å². The van der Waals surface area contributed by atoms with Crippen molar-refractivity contribution in [3.63, 3.8) is 0 Å². The van der Waals surface area contributed by atoms with E-state index in [0.29, 0.717) is 5.71 Å². The number of fused-ring (bicyclic) bond motifs is 2. The smallest absolute Gasteiger partial charge is 0.386 e. The summed E-state index contributed by atoms with van der Waals surface area (Å²) in [6.07, 6.45) is -0.240. The summed E-state index contributed by atoms with van der Waals surface area (Å²) in [4.78, 5) is 35.2. The SMILES string of the molecule is NC1=NC=NC2C([C@H]3C[C@H](O)[C@@H](COP(=O)(S)O[C@@H]4C[C@@H](CO)O[C@H]4n4cnc5c(=O)[nH]c(N)nc54)O3)=CN=C12. The quantitative estimate of drug-likeness (QED) is 0.160. The van der Waals surface area contributed by atoms with Crippen molar-refractivity contribution in [1.82, 2.24) is 19.5 Å². The summed E-state index contributed by atoms with van der Waals surface area (Å²) in [5.74, 6) is 0.137. The third-order valence-corrected chi connectivity index (χ3v) is 8.58. The van der Waals surface area contributed by atoms with Gasteiger partial charge in [0.05, 0.1) is 37.9 Å². The fourth-order valence-corrected chi connectivity index (χ4v) is 6.55. The summed E-state index contributed by atoms with van der Waals surface area (Å²) < 4.78 is 37.7. The number of aliphatic hydroxyl groups is 2. The van der Waals surface area contributed by atoms with Crippen LogP contribution in [0.5, 0.6) is 0 Å². The lowest BCUT2D eigenvalue weighted by Crippen LogP contribution is -2.37. The minimum atomic E-state index is -4.05. The Bertz CT molecular complexity index is 1560. The van der Waals surface area contributed by atoms with Gasteiger partial charge < -0.3 is 31.2 Å². The average Bonchev–Trinajstić information content (AvgIpc) is 3.68. The molecule has 2 aromatic heterocycles. The highest BCUT2D eigenvalue weighted by Crippen LogP contribution is 2.57. The summed E-state index contributed by atoms with van der Waals surface area (Å²) in [5, 5.41) is 20.3. The Kier molecular flexibility index (Phi) is 7.12. The van der Waals surface area contributed by atoms with E-state index < -0.39 is 55.1 Å². The first-order valence-electron chi connectivity index (χ1n) is 12.2. The topological polar surface area (TPSA) is 247 Å². The number of aromatic nitrogens is 4. The van der Waals surface area contributed by atoms with Crippen molar-refractivity contribution in [1.29, 1.82) is 0 Å². The first kappa shape index (κ1) is 27.2. The maximum atomic E-state index is 13.2. The Morgan fingerprint density at radius 1 is 1.27 bits per heavy atom. The number of imidazole rings is 1. The number of nitrogens with zero attached hydrogens (tertiary/aromatic N) is 6. The number of amidine groups is 1. The van der Waals surface area contributed by atoms with Crippen LogP contribution in [0.4, 0.5) is 5.95 Å². The van der Waals surface area contributed by atoms with E-state index in [0.717, 1.165) is 5.57 Å². The Balaban J connectivity index is 1.12. The number of aliphatic imine (C=N–C) groups is 3. The predicted molar refractivity (Wildman–Crippen MR) is 144 cm³/mol. The molecule has 0 bridgehead atoms. The fourth-order valence-electron chi connectivity index (χ4n) is 5.06. The molecule has 4 aliphatic rings. The van der Waals surface area contributed by atoms with Crippen molar-refractivity contribution in [3.8, 4) is 0 Å². The molecule has 2 saturated heterocycles. The molecule has 19 heteroatoms. The monoisotopic (exact) mass is 595 g/mol. The van der Waals surface area contributed by atoms with Gasteiger partial charge in [-0.2, -0.15) is 4.98 Å². The van der Waals surface area contributed by atoms with Crippen LogP contribution >= 0.6 is 19.0 Å². The molecule has 2 fully saturated rings. The zero-order valence-corrected chi connectivity index (χ0v) is 22.5. The number of hydrogen-bond acceptors (Lipinski definition) is 15. The molecule has 2 unspecified atom stereocenters. The molecule has 0 spiro atoms. The highest BCUT2D eigenvalue weighted by molar-refractivity contribution is 8.44. The highest BCUT2D eigenvalue weighted by atomic mass is 32.7. The van der Waals surface area contributed by atoms with Crippen molar-refractivity contribution in [2.45, 2.75) is 55.6 Å². The lowest BCUT2D eigenvalue weighted by atomic mass is 9.97. The molecule has 0 aromatic carbocycles. The third kappa shape index (κ3) is 5.01. The molecule has 0 radical (unpaired) electrons. The van der Waals surface area contributed by atoms with Gasteiger partial charge in [0.1, 0.15) is 36.1 Å². The molecule has 2 aromatic rings. The summed E-state index contributed by atoms with van der Waals surface area (Å²) in [6.45, 7) is -4.69. The fraction of sp³-hybridized carbons (Fsp3) is 0.524. The second kappa shape index (κ2) is 10.5. The number of nitrogens with one attached hydrogen (secondary N) is 1. The summed E-state index contributed by atoms with van der Waals surface area (Å²) in [6, 6.07) is -0.438. The van der Waals surface area contributed by atoms with Crippen LogP contribution in [0, 0.1) is 0 Å². The molecule has 0 saturated carbocycles. The van der Waals surface area contributed by atoms with Crippen LogP contribution in [0.25, 0.3) is 11.2 Å². The number of anilines is 1. The molecule has 6 heterocycles. The van der Waals surface area contributed by atoms with Gasteiger partial charge in [-0.25, -0.2) is 14.5 Å². The van der Waals surface area contributed by atoms with E-state index in [2.05, 4.69) is 42.2 Å². The Labute approximate surface area is 230 Å². The molecule has 214 valence electrons. The van der Waals surface area contributed by atoms with Crippen LogP contribution in [0.1, 0.15) is 19.1 Å². The van der Waals surface area contributed by atoms with Gasteiger partial charge in [0.15, 0.2) is 17.4 Å². The normalized spacial score (nSPS) is 33.1. The molecule has 17 nitrogen and oxygen atoms in total. The van der Waals surface area contributed by atoms with Crippen molar-refractivity contribution >= 4 is 54.0 Å². The number of nitrogens with two attached hydrogens (primary N) is 2.